The van der Waals surface area contributed by atoms with Crippen molar-refractivity contribution in [3.8, 4) is 0 Å². The van der Waals surface area contributed by atoms with E-state index in [1.807, 2.05) is 36.4 Å². The molecule has 1 fully saturated rings. The summed E-state index contributed by atoms with van der Waals surface area (Å²) < 4.78 is 12.9. The maximum Gasteiger partial charge on any atom is 0.412 e. The summed E-state index contributed by atoms with van der Waals surface area (Å²) in [6.45, 7) is 6.98. The van der Waals surface area contributed by atoms with Crippen LogP contribution in [0.5, 0.6) is 0 Å². The summed E-state index contributed by atoms with van der Waals surface area (Å²) in [5, 5.41) is 29.2. The minimum atomic E-state index is -0.938. The fraction of sp³-hybridized carbons (Fsp3) is 0.235. The monoisotopic (exact) mass is 817 g/mol. The van der Waals surface area contributed by atoms with Gasteiger partial charge in [-0.1, -0.05) is 44.0 Å². The maximum absolute atomic E-state index is 11.5. The number of nitrogen functional groups attached to an aromatic ring is 1. The van der Waals surface area contributed by atoms with Crippen molar-refractivity contribution in [1.82, 2.24) is 4.98 Å². The number of carboxylic acids is 2. The van der Waals surface area contributed by atoms with Gasteiger partial charge in [-0.3, -0.25) is 5.32 Å². The standard InChI is InChI=1S/C12H17N3O2.C9H6BrNO2.C9H5BrO2S.C4H9NO/c1-12(2,3)17-11(16)15-10-5-4-9(14)6-8(10)7-13;10-6-2-1-5-3-8(9(12)13)11-7(5)4-6;10-6-2-1-5-3-8(9(11)12)13-7(5)4-6;5-4-1-2-6-3-4/h4-7,13H,14H2,1-3H3,(H,15,16);1-4,11H,(H,12,13);1-4H,(H,11,12);4H,1-3,5H2. The molecule has 0 aliphatic carbocycles. The van der Waals surface area contributed by atoms with Crippen molar-refractivity contribution < 1.29 is 34.1 Å². The molecule has 260 valence electrons. The van der Waals surface area contributed by atoms with Gasteiger partial charge in [0.05, 0.1) is 12.3 Å². The number of amides is 1. The molecule has 9 N–H and O–H groups in total. The average Bonchev–Trinajstić information content (AvgIpc) is 3.77. The molecular formula is C34H37Br2N5O7S. The van der Waals surface area contributed by atoms with Crippen LogP contribution in [0.25, 0.3) is 21.0 Å². The number of thiophene rings is 1. The summed E-state index contributed by atoms with van der Waals surface area (Å²) in [5.74, 6) is -1.80. The molecule has 3 aromatic carbocycles. The van der Waals surface area contributed by atoms with Crippen LogP contribution in [-0.2, 0) is 9.47 Å². The van der Waals surface area contributed by atoms with Crippen LogP contribution in [0.2, 0.25) is 0 Å². The number of aromatic carboxylic acids is 2. The number of halogens is 2. The third-order valence-corrected chi connectivity index (χ3v) is 8.41. The number of anilines is 2. The van der Waals surface area contributed by atoms with Gasteiger partial charge in [0, 0.05) is 54.7 Å². The van der Waals surface area contributed by atoms with Gasteiger partial charge in [-0.2, -0.15) is 0 Å². The van der Waals surface area contributed by atoms with Gasteiger partial charge in [0.1, 0.15) is 16.2 Å². The largest absolute Gasteiger partial charge is 0.477 e. The number of carbonyl (C=O) groups excluding carboxylic acids is 1. The van der Waals surface area contributed by atoms with E-state index >= 15 is 0 Å². The van der Waals surface area contributed by atoms with Crippen molar-refractivity contribution in [1.29, 1.82) is 5.41 Å². The molecule has 0 bridgehead atoms. The lowest BCUT2D eigenvalue weighted by Gasteiger charge is -2.20. The number of ether oxygens (including phenoxy) is 2. The van der Waals surface area contributed by atoms with E-state index in [4.69, 9.17) is 36.6 Å². The topological polar surface area (TPSA) is 214 Å². The van der Waals surface area contributed by atoms with Gasteiger partial charge in [-0.15, -0.1) is 11.3 Å². The lowest BCUT2D eigenvalue weighted by molar-refractivity contribution is 0.0632. The molecule has 6 rings (SSSR count). The first-order valence-electron chi connectivity index (χ1n) is 14.7. The number of benzene rings is 3. The highest BCUT2D eigenvalue weighted by Gasteiger charge is 2.17. The lowest BCUT2D eigenvalue weighted by Crippen LogP contribution is -2.27. The molecule has 1 atom stereocenters. The van der Waals surface area contributed by atoms with E-state index in [-0.39, 0.29) is 5.69 Å². The van der Waals surface area contributed by atoms with E-state index in [1.54, 1.807) is 51.1 Å². The Balaban J connectivity index is 0.000000185. The Kier molecular flexibility index (Phi) is 14.3. The third kappa shape index (κ3) is 12.9. The second-order valence-corrected chi connectivity index (χ2v) is 14.5. The summed E-state index contributed by atoms with van der Waals surface area (Å²) in [7, 11) is 0. The highest BCUT2D eigenvalue weighted by molar-refractivity contribution is 9.10. The molecule has 2 aromatic heterocycles. The Labute approximate surface area is 303 Å². The number of nitrogens with one attached hydrogen (secondary N) is 3. The number of nitrogens with two attached hydrogens (primary N) is 2. The predicted molar refractivity (Wildman–Crippen MR) is 201 cm³/mol. The summed E-state index contributed by atoms with van der Waals surface area (Å²) >= 11 is 7.94. The molecule has 1 aliphatic heterocycles. The van der Waals surface area contributed by atoms with Gasteiger partial charge in [0.25, 0.3) is 0 Å². The van der Waals surface area contributed by atoms with E-state index in [1.165, 1.54) is 11.3 Å². The molecule has 15 heteroatoms. The molecule has 1 unspecified atom stereocenters. The number of hydrogen-bond acceptors (Lipinski definition) is 9. The lowest BCUT2D eigenvalue weighted by atomic mass is 10.1. The van der Waals surface area contributed by atoms with Crippen LogP contribution in [0.1, 0.15) is 52.9 Å². The smallest absolute Gasteiger partial charge is 0.412 e. The van der Waals surface area contributed by atoms with Crippen LogP contribution in [0.4, 0.5) is 16.2 Å². The van der Waals surface area contributed by atoms with Gasteiger partial charge in [0.2, 0.25) is 0 Å². The van der Waals surface area contributed by atoms with Crippen LogP contribution in [0, 0.1) is 5.41 Å². The number of hydrogen-bond donors (Lipinski definition) is 7. The first-order chi connectivity index (χ1) is 23.0. The van der Waals surface area contributed by atoms with Crippen molar-refractivity contribution in [2.24, 2.45) is 5.73 Å². The Hall–Kier alpha value is -4.28. The molecule has 1 saturated heterocycles. The normalized spacial score (nSPS) is 13.6. The van der Waals surface area contributed by atoms with Crippen LogP contribution < -0.4 is 16.8 Å². The van der Waals surface area contributed by atoms with Gasteiger partial charge >= 0.3 is 18.0 Å². The van der Waals surface area contributed by atoms with Gasteiger partial charge in [-0.05, 0) is 87.2 Å². The van der Waals surface area contributed by atoms with Crippen molar-refractivity contribution in [2.75, 3.05) is 24.3 Å². The van der Waals surface area contributed by atoms with E-state index in [0.29, 0.717) is 27.9 Å². The number of H-pyrrole nitrogens is 1. The van der Waals surface area contributed by atoms with E-state index in [2.05, 4.69) is 42.2 Å². The molecule has 0 spiro atoms. The molecule has 12 nitrogen and oxygen atoms in total. The number of carbonyl (C=O) groups is 3. The zero-order chi connectivity index (χ0) is 36.3. The summed E-state index contributed by atoms with van der Waals surface area (Å²) in [5.41, 5.74) is 13.1. The maximum atomic E-state index is 11.5. The number of aromatic amines is 1. The first-order valence-corrected chi connectivity index (χ1v) is 17.1. The zero-order valence-corrected chi connectivity index (χ0v) is 30.9. The second-order valence-electron chi connectivity index (χ2n) is 11.6. The van der Waals surface area contributed by atoms with E-state index in [0.717, 1.165) is 55.8 Å². The van der Waals surface area contributed by atoms with Gasteiger partial charge in [0.15, 0.2) is 0 Å². The van der Waals surface area contributed by atoms with Crippen molar-refractivity contribution in [3.05, 3.63) is 91.8 Å². The SMILES string of the molecule is CC(C)(C)OC(=O)Nc1ccc(N)cc1C=N.NC1CCOC1.O=C(O)c1cc2ccc(Br)cc2[nH]1.O=C(O)c1cc2ccc(Br)cc2s1. The Morgan fingerprint density at radius 2 is 1.67 bits per heavy atom. The minimum Gasteiger partial charge on any atom is -0.477 e. The number of fused-ring (bicyclic) bond motifs is 2. The predicted octanol–water partition coefficient (Wildman–Crippen LogP) is 8.34. The number of rotatable bonds is 4. The van der Waals surface area contributed by atoms with Crippen molar-refractivity contribution in [2.45, 2.75) is 38.8 Å². The summed E-state index contributed by atoms with van der Waals surface area (Å²) in [4.78, 5) is 36.0. The second kappa shape index (κ2) is 17.9. The molecule has 5 aromatic rings. The zero-order valence-electron chi connectivity index (χ0n) is 26.9. The Morgan fingerprint density at radius 1 is 1.00 bits per heavy atom. The quantitative estimate of drug-likeness (QED) is 0.0685. The molecular weight excluding hydrogens is 782 g/mol. The van der Waals surface area contributed by atoms with Crippen molar-refractivity contribution in [3.63, 3.8) is 0 Å². The molecule has 0 saturated carbocycles. The third-order valence-electron chi connectivity index (χ3n) is 6.34. The Bertz CT molecular complexity index is 1840. The fourth-order valence-corrected chi connectivity index (χ4v) is 5.92. The highest BCUT2D eigenvalue weighted by atomic mass is 79.9. The molecule has 3 heterocycles. The van der Waals surface area contributed by atoms with Crippen LogP contribution in [0.15, 0.2) is 75.7 Å². The number of carboxylic acid groups (broad SMARTS) is 2. The van der Waals surface area contributed by atoms with Crippen LogP contribution in [-0.4, -0.2) is 64.3 Å². The summed E-state index contributed by atoms with van der Waals surface area (Å²) in [6.07, 6.45) is 1.62. The molecule has 1 amide bonds. The first kappa shape index (κ1) is 39.2. The van der Waals surface area contributed by atoms with Crippen LogP contribution in [0.3, 0.4) is 0 Å². The molecule has 1 aliphatic rings. The highest BCUT2D eigenvalue weighted by Crippen LogP contribution is 2.28. The molecule has 49 heavy (non-hydrogen) atoms. The van der Waals surface area contributed by atoms with Gasteiger partial charge < -0.3 is 41.5 Å². The van der Waals surface area contributed by atoms with Crippen molar-refractivity contribution >= 4 is 99.8 Å². The van der Waals surface area contributed by atoms with E-state index in [9.17, 15) is 14.4 Å². The van der Waals surface area contributed by atoms with E-state index < -0.39 is 23.6 Å². The van der Waals surface area contributed by atoms with Gasteiger partial charge in [-0.25, -0.2) is 14.4 Å². The fourth-order valence-electron chi connectivity index (χ4n) is 4.11. The molecule has 0 radical (unpaired) electrons. The minimum absolute atomic E-state index is 0.216. The average molecular weight is 820 g/mol. The Morgan fingerprint density at radius 3 is 2.22 bits per heavy atom. The van der Waals surface area contributed by atoms with Crippen LogP contribution >= 0.6 is 43.2 Å². The summed E-state index contributed by atoms with van der Waals surface area (Å²) in [6, 6.07) is 19.9. The number of aromatic nitrogens is 1.